The molecule has 0 spiro atoms. The van der Waals surface area contributed by atoms with Gasteiger partial charge in [-0.2, -0.15) is 26.7 Å². The van der Waals surface area contributed by atoms with Crippen LogP contribution < -0.4 is 0 Å². The molecule has 15 heavy (non-hydrogen) atoms. The second-order valence-electron chi connectivity index (χ2n) is 2.89. The zero-order chi connectivity index (χ0) is 12.3. The molecule has 0 radical (unpaired) electrons. The van der Waals surface area contributed by atoms with E-state index < -0.39 is 15.6 Å². The van der Waals surface area contributed by atoms with Crippen LogP contribution in [0.4, 0.5) is 13.2 Å². The lowest BCUT2D eigenvalue weighted by atomic mass is 10.3. The monoisotopic (exact) mass is 248 g/mol. The fraction of sp³-hybridized carbons (Fsp3) is 0.833. The van der Waals surface area contributed by atoms with Crippen LogP contribution in [0.1, 0.15) is 13.3 Å². The Bertz CT molecular complexity index is 336. The van der Waals surface area contributed by atoms with E-state index in [1.807, 2.05) is 12.1 Å². The van der Waals surface area contributed by atoms with Gasteiger partial charge in [0.15, 0.2) is 0 Å². The Morgan fingerprint density at radius 2 is 1.87 bits per heavy atom. The summed E-state index contributed by atoms with van der Waals surface area (Å²) in [4.78, 5) is 0. The summed E-state index contributed by atoms with van der Waals surface area (Å²) in [5, 5.41) is 6.11. The molecule has 9 heteroatoms. The van der Waals surface area contributed by atoms with Crippen molar-refractivity contribution >= 4 is 15.8 Å². The van der Waals surface area contributed by atoms with Crippen LogP contribution in [0.25, 0.3) is 0 Å². The molecule has 0 bridgehead atoms. The van der Waals surface area contributed by atoms with Crippen molar-refractivity contribution in [3.05, 3.63) is 0 Å². The summed E-state index contributed by atoms with van der Waals surface area (Å²) in [5.41, 5.74) is -4.28. The smallest absolute Gasteiger partial charge is 0.300 e. The summed E-state index contributed by atoms with van der Waals surface area (Å²) in [6, 6.07) is 0. The maximum atomic E-state index is 10.7. The normalized spacial score (nSPS) is 16.9. The first-order chi connectivity index (χ1) is 6.54. The standard InChI is InChI=1S/C5H10N2.CHF3O3S/c1-5-3-4-7(2)6-5;2-1(3,4)8(5,6)7/h3-4H2,1-2H3;(H,5,6,7). The van der Waals surface area contributed by atoms with Crippen molar-refractivity contribution in [1.82, 2.24) is 5.01 Å². The number of hydrazone groups is 1. The number of hydrogen-bond acceptors (Lipinski definition) is 4. The van der Waals surface area contributed by atoms with E-state index in [9.17, 15) is 13.2 Å². The van der Waals surface area contributed by atoms with E-state index in [4.69, 9.17) is 13.0 Å². The molecule has 0 aromatic heterocycles. The van der Waals surface area contributed by atoms with Crippen LogP contribution in [-0.2, 0) is 10.1 Å². The first kappa shape index (κ1) is 14.2. The van der Waals surface area contributed by atoms with Crippen molar-refractivity contribution in [3.63, 3.8) is 0 Å². The van der Waals surface area contributed by atoms with Crippen LogP contribution in [0.15, 0.2) is 5.10 Å². The maximum Gasteiger partial charge on any atom is 0.522 e. The number of hydrogen-bond donors (Lipinski definition) is 1. The Hall–Kier alpha value is -0.830. The molecular formula is C6H11F3N2O3S. The van der Waals surface area contributed by atoms with Crippen molar-refractivity contribution in [2.24, 2.45) is 5.10 Å². The molecule has 0 unspecified atom stereocenters. The molecule has 1 aliphatic rings. The maximum absolute atomic E-state index is 10.7. The molecular weight excluding hydrogens is 237 g/mol. The van der Waals surface area contributed by atoms with E-state index >= 15 is 0 Å². The van der Waals surface area contributed by atoms with Gasteiger partial charge in [-0.25, -0.2) is 0 Å². The lowest BCUT2D eigenvalue weighted by Gasteiger charge is -2.00. The highest BCUT2D eigenvalue weighted by molar-refractivity contribution is 7.86. The van der Waals surface area contributed by atoms with Crippen LogP contribution in [0.3, 0.4) is 0 Å². The van der Waals surface area contributed by atoms with Crippen LogP contribution in [0.2, 0.25) is 0 Å². The SMILES string of the molecule is CC1=NN(C)CC1.O=S(=O)(O)C(F)(F)F. The largest absolute Gasteiger partial charge is 0.522 e. The lowest BCUT2D eigenvalue weighted by Crippen LogP contribution is -2.21. The molecule has 0 aliphatic carbocycles. The van der Waals surface area contributed by atoms with Crippen LogP contribution >= 0.6 is 0 Å². The molecule has 1 rings (SSSR count). The molecule has 90 valence electrons. The van der Waals surface area contributed by atoms with Gasteiger partial charge in [0.25, 0.3) is 0 Å². The van der Waals surface area contributed by atoms with E-state index in [1.54, 1.807) is 0 Å². The third kappa shape index (κ3) is 5.57. The summed E-state index contributed by atoms with van der Waals surface area (Å²) in [7, 11) is -3.84. The zero-order valence-corrected chi connectivity index (χ0v) is 8.93. The van der Waals surface area contributed by atoms with Crippen molar-refractivity contribution in [2.75, 3.05) is 13.6 Å². The predicted octanol–water partition coefficient (Wildman–Crippen LogP) is 1.09. The van der Waals surface area contributed by atoms with Gasteiger partial charge in [0.2, 0.25) is 0 Å². The van der Waals surface area contributed by atoms with Gasteiger partial charge in [-0.3, -0.25) is 9.56 Å². The molecule has 0 atom stereocenters. The highest BCUT2D eigenvalue weighted by atomic mass is 32.2. The Morgan fingerprint density at radius 3 is 1.93 bits per heavy atom. The second-order valence-corrected chi connectivity index (χ2v) is 4.30. The van der Waals surface area contributed by atoms with Crippen molar-refractivity contribution in [2.45, 2.75) is 18.9 Å². The zero-order valence-electron chi connectivity index (χ0n) is 8.11. The summed E-state index contributed by atoms with van der Waals surface area (Å²) in [6.07, 6.45) is 1.15. The fourth-order valence-electron chi connectivity index (χ4n) is 0.715. The molecule has 0 fully saturated rings. The molecule has 0 aromatic rings. The number of halogens is 3. The lowest BCUT2D eigenvalue weighted by molar-refractivity contribution is -0.0510. The van der Waals surface area contributed by atoms with Crippen molar-refractivity contribution in [1.29, 1.82) is 0 Å². The molecule has 1 aliphatic heterocycles. The van der Waals surface area contributed by atoms with E-state index in [0.717, 1.165) is 13.0 Å². The summed E-state index contributed by atoms with van der Waals surface area (Å²) in [6.45, 7) is 3.16. The molecule has 0 aromatic carbocycles. The topological polar surface area (TPSA) is 70.0 Å². The van der Waals surface area contributed by atoms with Gasteiger partial charge in [0, 0.05) is 25.7 Å². The highest BCUT2D eigenvalue weighted by Gasteiger charge is 2.44. The Labute approximate surface area is 85.3 Å². The minimum atomic E-state index is -5.84. The molecule has 0 saturated carbocycles. The Morgan fingerprint density at radius 1 is 1.47 bits per heavy atom. The molecule has 1 heterocycles. The Balaban J connectivity index is 0.000000262. The molecule has 5 nitrogen and oxygen atoms in total. The summed E-state index contributed by atoms with van der Waals surface area (Å²) >= 11 is 0. The third-order valence-corrected chi connectivity index (χ3v) is 2.02. The van der Waals surface area contributed by atoms with Gasteiger partial charge in [-0.15, -0.1) is 0 Å². The fourth-order valence-corrected chi connectivity index (χ4v) is 0.715. The average Bonchev–Trinajstić information content (AvgIpc) is 2.31. The molecule has 1 N–H and O–H groups in total. The van der Waals surface area contributed by atoms with E-state index in [0.29, 0.717) is 0 Å². The first-order valence-electron chi connectivity index (χ1n) is 3.83. The summed E-state index contributed by atoms with van der Waals surface area (Å²) < 4.78 is 57.5. The van der Waals surface area contributed by atoms with Gasteiger partial charge < -0.3 is 0 Å². The predicted molar refractivity (Wildman–Crippen MR) is 48.0 cm³/mol. The second kappa shape index (κ2) is 4.79. The quantitative estimate of drug-likeness (QED) is 0.514. The van der Waals surface area contributed by atoms with Gasteiger partial charge >= 0.3 is 15.6 Å². The van der Waals surface area contributed by atoms with E-state index in [-0.39, 0.29) is 0 Å². The Kier molecular flexibility index (Phi) is 4.53. The van der Waals surface area contributed by atoms with Gasteiger partial charge in [-0.1, -0.05) is 0 Å². The molecule has 0 amide bonds. The van der Waals surface area contributed by atoms with E-state index in [1.165, 1.54) is 5.71 Å². The highest BCUT2D eigenvalue weighted by Crippen LogP contribution is 2.20. The first-order valence-corrected chi connectivity index (χ1v) is 5.27. The minimum Gasteiger partial charge on any atom is -0.300 e. The van der Waals surface area contributed by atoms with Crippen LogP contribution in [-0.4, -0.2) is 42.8 Å². The van der Waals surface area contributed by atoms with Crippen LogP contribution in [0, 0.1) is 0 Å². The number of rotatable bonds is 0. The van der Waals surface area contributed by atoms with E-state index in [2.05, 4.69) is 12.0 Å². The van der Waals surface area contributed by atoms with Gasteiger partial charge in [-0.05, 0) is 6.92 Å². The van der Waals surface area contributed by atoms with Crippen LogP contribution in [0.5, 0.6) is 0 Å². The van der Waals surface area contributed by atoms with Crippen molar-refractivity contribution < 1.29 is 26.1 Å². The van der Waals surface area contributed by atoms with Gasteiger partial charge in [0.1, 0.15) is 0 Å². The third-order valence-electron chi connectivity index (χ3n) is 1.43. The summed E-state index contributed by atoms with van der Waals surface area (Å²) in [5.74, 6) is 0. The van der Waals surface area contributed by atoms with Gasteiger partial charge in [0.05, 0.1) is 0 Å². The minimum absolute atomic E-state index is 1.10. The average molecular weight is 248 g/mol. The number of nitrogens with zero attached hydrogens (tertiary/aromatic N) is 2. The van der Waals surface area contributed by atoms with Crippen molar-refractivity contribution in [3.8, 4) is 0 Å². The molecule has 0 saturated heterocycles. The number of alkyl halides is 3.